The molecule has 3 N–H and O–H groups in total. The Morgan fingerprint density at radius 3 is 2.61 bits per heavy atom. The molecule has 4 heteroatoms. The van der Waals surface area contributed by atoms with E-state index in [0.717, 1.165) is 25.9 Å². The molecule has 0 spiro atoms. The lowest BCUT2D eigenvalue weighted by atomic mass is 9.79. The molecule has 1 aliphatic carbocycles. The quantitative estimate of drug-likeness (QED) is 0.762. The lowest BCUT2D eigenvalue weighted by Gasteiger charge is -2.40. The van der Waals surface area contributed by atoms with Crippen LogP contribution in [0.3, 0.4) is 0 Å². The molecule has 0 aromatic heterocycles. The first-order chi connectivity index (χ1) is 8.35. The molecule has 2 atom stereocenters. The number of hydrogen-bond donors (Lipinski definition) is 2. The van der Waals surface area contributed by atoms with Crippen molar-refractivity contribution in [3.63, 3.8) is 0 Å². The fraction of sp³-hybridized carbons (Fsp3) is 0.929. The molecule has 1 aliphatic rings. The van der Waals surface area contributed by atoms with Crippen molar-refractivity contribution in [2.75, 3.05) is 6.61 Å². The van der Waals surface area contributed by atoms with E-state index in [4.69, 9.17) is 10.5 Å². The van der Waals surface area contributed by atoms with E-state index >= 15 is 0 Å². The largest absolute Gasteiger partial charge is 0.378 e. The highest BCUT2D eigenvalue weighted by Gasteiger charge is 2.42. The first kappa shape index (κ1) is 15.4. The van der Waals surface area contributed by atoms with Gasteiger partial charge in [0, 0.05) is 19.1 Å². The molecule has 4 nitrogen and oxygen atoms in total. The summed E-state index contributed by atoms with van der Waals surface area (Å²) in [5, 5.41) is 3.36. The van der Waals surface area contributed by atoms with Crippen molar-refractivity contribution >= 4 is 5.91 Å². The van der Waals surface area contributed by atoms with Gasteiger partial charge in [0.15, 0.2) is 0 Å². The Kier molecular flexibility index (Phi) is 5.60. The molecule has 1 saturated carbocycles. The molecular formula is C14H28N2O2. The minimum atomic E-state index is -0.575. The second-order valence-electron chi connectivity index (χ2n) is 6.19. The van der Waals surface area contributed by atoms with Gasteiger partial charge >= 0.3 is 0 Å². The average molecular weight is 256 g/mol. The van der Waals surface area contributed by atoms with E-state index in [9.17, 15) is 4.79 Å². The van der Waals surface area contributed by atoms with Crippen LogP contribution in [0.4, 0.5) is 0 Å². The second kappa shape index (κ2) is 6.53. The maximum absolute atomic E-state index is 11.8. The molecule has 0 bridgehead atoms. The van der Waals surface area contributed by atoms with Gasteiger partial charge in [-0.1, -0.05) is 13.8 Å². The minimum absolute atomic E-state index is 0.153. The lowest BCUT2D eigenvalue weighted by molar-refractivity contribution is -0.129. The average Bonchev–Trinajstić information content (AvgIpc) is 2.25. The van der Waals surface area contributed by atoms with Crippen LogP contribution in [0.15, 0.2) is 0 Å². The van der Waals surface area contributed by atoms with Gasteiger partial charge in [-0.05, 0) is 39.0 Å². The van der Waals surface area contributed by atoms with Gasteiger partial charge in [-0.2, -0.15) is 0 Å². The molecule has 0 saturated heterocycles. The first-order valence-corrected chi connectivity index (χ1v) is 7.05. The summed E-state index contributed by atoms with van der Waals surface area (Å²) in [4.78, 5) is 11.8. The smallest absolute Gasteiger partial charge is 0.237 e. The molecule has 1 fully saturated rings. The van der Waals surface area contributed by atoms with Crippen molar-refractivity contribution in [3.8, 4) is 0 Å². The Morgan fingerprint density at radius 1 is 1.44 bits per heavy atom. The highest BCUT2D eigenvalue weighted by Crippen LogP contribution is 2.30. The first-order valence-electron chi connectivity index (χ1n) is 7.05. The third kappa shape index (κ3) is 4.25. The monoisotopic (exact) mass is 256 g/mol. The zero-order valence-electron chi connectivity index (χ0n) is 12.2. The maximum Gasteiger partial charge on any atom is 0.237 e. The SMILES string of the molecule is CC(C)COC1CCCC(NC(C)C)(C(N)=O)C1. The van der Waals surface area contributed by atoms with Crippen molar-refractivity contribution in [1.29, 1.82) is 0 Å². The van der Waals surface area contributed by atoms with Gasteiger partial charge in [0.25, 0.3) is 0 Å². The zero-order valence-corrected chi connectivity index (χ0v) is 12.2. The standard InChI is InChI=1S/C14H28N2O2/c1-10(2)9-18-12-6-5-7-14(8-12,13(15)17)16-11(3)4/h10-12,16H,5-9H2,1-4H3,(H2,15,17). The number of ether oxygens (including phenoxy) is 1. The van der Waals surface area contributed by atoms with E-state index in [1.807, 2.05) is 13.8 Å². The van der Waals surface area contributed by atoms with Gasteiger partial charge < -0.3 is 15.8 Å². The number of carbonyl (C=O) groups is 1. The normalized spacial score (nSPS) is 28.9. The Balaban J connectivity index is 2.64. The highest BCUT2D eigenvalue weighted by atomic mass is 16.5. The molecule has 0 radical (unpaired) electrons. The van der Waals surface area contributed by atoms with Crippen LogP contribution in [-0.4, -0.2) is 30.2 Å². The minimum Gasteiger partial charge on any atom is -0.378 e. The Bertz CT molecular complexity index is 279. The Morgan fingerprint density at radius 2 is 2.11 bits per heavy atom. The van der Waals surface area contributed by atoms with E-state index in [-0.39, 0.29) is 18.1 Å². The molecule has 1 amide bonds. The third-order valence-corrected chi connectivity index (χ3v) is 3.41. The summed E-state index contributed by atoms with van der Waals surface area (Å²) < 4.78 is 5.88. The van der Waals surface area contributed by atoms with E-state index in [2.05, 4.69) is 19.2 Å². The van der Waals surface area contributed by atoms with E-state index in [0.29, 0.717) is 12.3 Å². The molecule has 2 unspecified atom stereocenters. The summed E-state index contributed by atoms with van der Waals surface area (Å²) in [5.41, 5.74) is 5.04. The van der Waals surface area contributed by atoms with Crippen LogP contribution in [-0.2, 0) is 9.53 Å². The lowest BCUT2D eigenvalue weighted by Crippen LogP contribution is -2.60. The van der Waals surface area contributed by atoms with Crippen molar-refractivity contribution < 1.29 is 9.53 Å². The molecule has 0 aromatic rings. The van der Waals surface area contributed by atoms with Gasteiger partial charge in [-0.15, -0.1) is 0 Å². The van der Waals surface area contributed by atoms with Gasteiger partial charge in [0.2, 0.25) is 5.91 Å². The third-order valence-electron chi connectivity index (χ3n) is 3.41. The van der Waals surface area contributed by atoms with E-state index in [1.165, 1.54) is 0 Å². The highest BCUT2D eigenvalue weighted by molar-refractivity contribution is 5.84. The predicted octanol–water partition coefficient (Wildman–Crippen LogP) is 1.82. The number of nitrogens with two attached hydrogens (primary N) is 1. The van der Waals surface area contributed by atoms with Gasteiger partial charge in [-0.3, -0.25) is 4.79 Å². The summed E-state index contributed by atoms with van der Waals surface area (Å²) in [6.07, 6.45) is 3.70. The Hall–Kier alpha value is -0.610. The predicted molar refractivity (Wildman–Crippen MR) is 73.2 cm³/mol. The molecule has 0 heterocycles. The number of nitrogens with one attached hydrogen (secondary N) is 1. The molecule has 1 rings (SSSR count). The number of carbonyl (C=O) groups excluding carboxylic acids is 1. The van der Waals surface area contributed by atoms with Crippen LogP contribution in [0.5, 0.6) is 0 Å². The Labute approximate surface area is 111 Å². The summed E-state index contributed by atoms with van der Waals surface area (Å²) in [7, 11) is 0. The maximum atomic E-state index is 11.8. The summed E-state index contributed by atoms with van der Waals surface area (Å²) in [6.45, 7) is 9.11. The van der Waals surface area contributed by atoms with Crippen molar-refractivity contribution in [3.05, 3.63) is 0 Å². The van der Waals surface area contributed by atoms with Crippen LogP contribution in [0.25, 0.3) is 0 Å². The summed E-state index contributed by atoms with van der Waals surface area (Å²) in [5.74, 6) is 0.280. The summed E-state index contributed by atoms with van der Waals surface area (Å²) in [6, 6.07) is 0.251. The number of primary amides is 1. The number of hydrogen-bond acceptors (Lipinski definition) is 3. The topological polar surface area (TPSA) is 64.3 Å². The summed E-state index contributed by atoms with van der Waals surface area (Å²) >= 11 is 0. The van der Waals surface area contributed by atoms with Crippen LogP contribution in [0.2, 0.25) is 0 Å². The molecule has 106 valence electrons. The fourth-order valence-electron chi connectivity index (χ4n) is 2.67. The number of rotatable bonds is 6. The van der Waals surface area contributed by atoms with Crippen LogP contribution < -0.4 is 11.1 Å². The van der Waals surface area contributed by atoms with Crippen molar-refractivity contribution in [1.82, 2.24) is 5.32 Å². The van der Waals surface area contributed by atoms with Gasteiger partial charge in [-0.25, -0.2) is 0 Å². The van der Waals surface area contributed by atoms with E-state index in [1.54, 1.807) is 0 Å². The molecular weight excluding hydrogens is 228 g/mol. The zero-order chi connectivity index (χ0) is 13.8. The fourth-order valence-corrected chi connectivity index (χ4v) is 2.67. The molecule has 18 heavy (non-hydrogen) atoms. The van der Waals surface area contributed by atoms with Crippen molar-refractivity contribution in [2.45, 2.75) is 71.1 Å². The van der Waals surface area contributed by atoms with E-state index < -0.39 is 5.54 Å². The van der Waals surface area contributed by atoms with Gasteiger partial charge in [0.1, 0.15) is 5.54 Å². The van der Waals surface area contributed by atoms with Gasteiger partial charge in [0.05, 0.1) is 6.10 Å². The van der Waals surface area contributed by atoms with Crippen LogP contribution in [0.1, 0.15) is 53.4 Å². The van der Waals surface area contributed by atoms with Crippen molar-refractivity contribution in [2.24, 2.45) is 11.7 Å². The molecule has 0 aliphatic heterocycles. The molecule has 0 aromatic carbocycles. The number of amides is 1. The second-order valence-corrected chi connectivity index (χ2v) is 6.19. The van der Waals surface area contributed by atoms with Crippen LogP contribution >= 0.6 is 0 Å². The van der Waals surface area contributed by atoms with Crippen LogP contribution in [0, 0.1) is 5.92 Å².